The van der Waals surface area contributed by atoms with Crippen molar-refractivity contribution in [2.45, 2.75) is 0 Å². The van der Waals surface area contributed by atoms with Gasteiger partial charge in [0.05, 0.1) is 0 Å². The summed E-state index contributed by atoms with van der Waals surface area (Å²) in [5.41, 5.74) is 1.04. The number of rotatable bonds is 3. The molecule has 0 saturated heterocycles. The van der Waals surface area contributed by atoms with Gasteiger partial charge >= 0.3 is 0 Å². The van der Waals surface area contributed by atoms with E-state index in [9.17, 15) is 4.79 Å². The van der Waals surface area contributed by atoms with Gasteiger partial charge in [-0.2, -0.15) is 11.3 Å². The first kappa shape index (κ1) is 10.1. The molecule has 0 aliphatic heterocycles. The molecule has 1 N–H and O–H groups in total. The van der Waals surface area contributed by atoms with Crippen molar-refractivity contribution in [2.75, 3.05) is 5.32 Å². The van der Waals surface area contributed by atoms with Gasteiger partial charge in [0.1, 0.15) is 0 Å². The second-order valence-electron chi connectivity index (χ2n) is 2.72. The summed E-state index contributed by atoms with van der Waals surface area (Å²) in [6.45, 7) is 0. The van der Waals surface area contributed by atoms with E-state index in [1.54, 1.807) is 23.6 Å². The van der Waals surface area contributed by atoms with Gasteiger partial charge in [0.2, 0.25) is 5.91 Å². The second kappa shape index (κ2) is 4.86. The fourth-order valence-electron chi connectivity index (χ4n) is 0.974. The molecule has 76 valence electrons. The summed E-state index contributed by atoms with van der Waals surface area (Å²) in [5.74, 6) is -0.156. The molecule has 3 nitrogen and oxygen atoms in total. The van der Waals surface area contributed by atoms with Crippen LogP contribution < -0.4 is 5.32 Å². The minimum atomic E-state index is -0.156. The van der Waals surface area contributed by atoms with Gasteiger partial charge in [-0.05, 0) is 28.5 Å². The van der Waals surface area contributed by atoms with Gasteiger partial charge in [-0.15, -0.1) is 11.3 Å². The number of amides is 1. The summed E-state index contributed by atoms with van der Waals surface area (Å²) in [6.07, 6.45) is 4.94. The van der Waals surface area contributed by atoms with Gasteiger partial charge < -0.3 is 0 Å². The van der Waals surface area contributed by atoms with E-state index in [0.717, 1.165) is 5.56 Å². The Bertz CT molecular complexity index is 446. The van der Waals surface area contributed by atoms with E-state index in [0.29, 0.717) is 5.13 Å². The van der Waals surface area contributed by atoms with Crippen molar-refractivity contribution in [1.82, 2.24) is 4.98 Å². The third kappa shape index (κ3) is 3.00. The van der Waals surface area contributed by atoms with Gasteiger partial charge in [-0.1, -0.05) is 0 Å². The van der Waals surface area contributed by atoms with Gasteiger partial charge in [-0.3, -0.25) is 10.1 Å². The number of aromatic nitrogens is 1. The van der Waals surface area contributed by atoms with Crippen LogP contribution in [0.25, 0.3) is 6.08 Å². The van der Waals surface area contributed by atoms with Crippen molar-refractivity contribution in [2.24, 2.45) is 0 Å². The van der Waals surface area contributed by atoms with Crippen molar-refractivity contribution < 1.29 is 4.79 Å². The van der Waals surface area contributed by atoms with Crippen LogP contribution in [-0.4, -0.2) is 10.9 Å². The Morgan fingerprint density at radius 1 is 1.47 bits per heavy atom. The first-order valence-corrected chi connectivity index (χ1v) is 6.07. The Morgan fingerprint density at radius 3 is 3.07 bits per heavy atom. The van der Waals surface area contributed by atoms with Crippen LogP contribution >= 0.6 is 22.7 Å². The summed E-state index contributed by atoms with van der Waals surface area (Å²) in [4.78, 5) is 15.3. The lowest BCUT2D eigenvalue weighted by Crippen LogP contribution is -2.06. The number of carbonyl (C=O) groups excluding carboxylic acids is 1. The molecule has 0 atom stereocenters. The molecular weight excluding hydrogens is 228 g/mol. The zero-order chi connectivity index (χ0) is 10.5. The lowest BCUT2D eigenvalue weighted by atomic mass is 10.3. The number of nitrogens with zero attached hydrogens (tertiary/aromatic N) is 1. The molecule has 2 rings (SSSR count). The number of thiazole rings is 1. The highest BCUT2D eigenvalue weighted by Gasteiger charge is 1.98. The third-order valence-corrected chi connectivity index (χ3v) is 3.02. The molecule has 0 fully saturated rings. The number of hydrogen-bond donors (Lipinski definition) is 1. The van der Waals surface area contributed by atoms with Crippen molar-refractivity contribution >= 4 is 39.8 Å². The Labute approximate surface area is 95.1 Å². The molecule has 2 heterocycles. The maximum atomic E-state index is 11.4. The van der Waals surface area contributed by atoms with E-state index in [4.69, 9.17) is 0 Å². The fourth-order valence-corrected chi connectivity index (χ4v) is 2.13. The SMILES string of the molecule is O=C(/C=C/c1ccsc1)Nc1nccs1. The van der Waals surface area contributed by atoms with E-state index < -0.39 is 0 Å². The van der Waals surface area contributed by atoms with E-state index >= 15 is 0 Å². The molecule has 1 amide bonds. The molecule has 0 aliphatic carbocycles. The Morgan fingerprint density at radius 2 is 2.40 bits per heavy atom. The van der Waals surface area contributed by atoms with Crippen LogP contribution in [0.15, 0.2) is 34.5 Å². The largest absolute Gasteiger partial charge is 0.298 e. The first-order valence-electron chi connectivity index (χ1n) is 4.25. The van der Waals surface area contributed by atoms with Gasteiger partial charge in [-0.25, -0.2) is 4.98 Å². The van der Waals surface area contributed by atoms with Crippen LogP contribution in [0.3, 0.4) is 0 Å². The minimum absolute atomic E-state index is 0.156. The molecule has 0 aromatic carbocycles. The molecule has 0 saturated carbocycles. The van der Waals surface area contributed by atoms with Crippen molar-refractivity contribution in [3.05, 3.63) is 40.0 Å². The smallest absolute Gasteiger partial charge is 0.250 e. The van der Waals surface area contributed by atoms with E-state index in [-0.39, 0.29) is 5.91 Å². The number of nitrogens with one attached hydrogen (secondary N) is 1. The Kier molecular flexibility index (Phi) is 3.26. The fraction of sp³-hybridized carbons (Fsp3) is 0. The molecular formula is C10H8N2OS2. The number of carbonyl (C=O) groups is 1. The molecule has 0 bridgehead atoms. The standard InChI is InChI=1S/C10H8N2OS2/c13-9(12-10-11-4-6-15-10)2-1-8-3-5-14-7-8/h1-7H,(H,11,12,13)/b2-1+. The second-order valence-corrected chi connectivity index (χ2v) is 4.39. The molecule has 2 aromatic rings. The van der Waals surface area contributed by atoms with Gasteiger partial charge in [0.25, 0.3) is 0 Å². The molecule has 5 heteroatoms. The van der Waals surface area contributed by atoms with E-state index in [1.165, 1.54) is 17.4 Å². The first-order chi connectivity index (χ1) is 7.34. The highest BCUT2D eigenvalue weighted by molar-refractivity contribution is 7.13. The van der Waals surface area contributed by atoms with Gasteiger partial charge in [0.15, 0.2) is 5.13 Å². The summed E-state index contributed by atoms with van der Waals surface area (Å²) < 4.78 is 0. The average molecular weight is 236 g/mol. The van der Waals surface area contributed by atoms with Crippen LogP contribution in [0, 0.1) is 0 Å². The summed E-state index contributed by atoms with van der Waals surface area (Å²) >= 11 is 3.00. The quantitative estimate of drug-likeness (QED) is 0.833. The number of anilines is 1. The maximum Gasteiger partial charge on any atom is 0.250 e. The normalized spacial score (nSPS) is 10.7. The monoisotopic (exact) mass is 236 g/mol. The highest BCUT2D eigenvalue weighted by Crippen LogP contribution is 2.11. The van der Waals surface area contributed by atoms with E-state index in [1.807, 2.05) is 22.2 Å². The van der Waals surface area contributed by atoms with Crippen molar-refractivity contribution in [1.29, 1.82) is 0 Å². The van der Waals surface area contributed by atoms with Gasteiger partial charge in [0, 0.05) is 17.7 Å². The summed E-state index contributed by atoms with van der Waals surface area (Å²) in [5, 5.41) is 9.06. The molecule has 2 aromatic heterocycles. The zero-order valence-corrected chi connectivity index (χ0v) is 9.35. The highest BCUT2D eigenvalue weighted by atomic mass is 32.1. The number of thiophene rings is 1. The van der Waals surface area contributed by atoms with Crippen LogP contribution in [0.1, 0.15) is 5.56 Å². The molecule has 0 spiro atoms. The minimum Gasteiger partial charge on any atom is -0.298 e. The van der Waals surface area contributed by atoms with Crippen LogP contribution in [-0.2, 0) is 4.79 Å². The molecule has 0 aliphatic rings. The topological polar surface area (TPSA) is 42.0 Å². The zero-order valence-electron chi connectivity index (χ0n) is 7.71. The lowest BCUT2D eigenvalue weighted by molar-refractivity contribution is -0.111. The van der Waals surface area contributed by atoms with Crippen molar-refractivity contribution in [3.8, 4) is 0 Å². The predicted molar refractivity (Wildman–Crippen MR) is 64.1 cm³/mol. The third-order valence-electron chi connectivity index (χ3n) is 1.63. The van der Waals surface area contributed by atoms with Crippen LogP contribution in [0.4, 0.5) is 5.13 Å². The molecule has 15 heavy (non-hydrogen) atoms. The predicted octanol–water partition coefficient (Wildman–Crippen LogP) is 2.86. The Hall–Kier alpha value is -1.46. The summed E-state index contributed by atoms with van der Waals surface area (Å²) in [7, 11) is 0. The maximum absolute atomic E-state index is 11.4. The van der Waals surface area contributed by atoms with Crippen molar-refractivity contribution in [3.63, 3.8) is 0 Å². The van der Waals surface area contributed by atoms with E-state index in [2.05, 4.69) is 10.3 Å². The number of hydrogen-bond acceptors (Lipinski definition) is 4. The summed E-state index contributed by atoms with van der Waals surface area (Å²) in [6, 6.07) is 1.96. The Balaban J connectivity index is 1.93. The lowest BCUT2D eigenvalue weighted by Gasteiger charge is -1.94. The molecule has 0 radical (unpaired) electrons. The molecule has 0 unspecified atom stereocenters. The van der Waals surface area contributed by atoms with Crippen LogP contribution in [0.5, 0.6) is 0 Å². The van der Waals surface area contributed by atoms with Crippen LogP contribution in [0.2, 0.25) is 0 Å². The average Bonchev–Trinajstić information content (AvgIpc) is 2.86.